The number of fused-ring (bicyclic) bond motifs is 2. The Morgan fingerprint density at radius 1 is 1.00 bits per heavy atom. The summed E-state index contributed by atoms with van der Waals surface area (Å²) < 4.78 is 8.69. The molecule has 0 bridgehead atoms. The van der Waals surface area contributed by atoms with Gasteiger partial charge in [-0.2, -0.15) is 0 Å². The van der Waals surface area contributed by atoms with E-state index in [1.54, 1.807) is 4.68 Å². The van der Waals surface area contributed by atoms with Crippen molar-refractivity contribution in [3.05, 3.63) is 114 Å². The first-order valence-corrected chi connectivity index (χ1v) is 17.7. The van der Waals surface area contributed by atoms with E-state index in [-0.39, 0.29) is 36.0 Å². The van der Waals surface area contributed by atoms with Crippen molar-refractivity contribution in [3.8, 4) is 0 Å². The van der Waals surface area contributed by atoms with Gasteiger partial charge in [-0.1, -0.05) is 91.0 Å². The van der Waals surface area contributed by atoms with Crippen molar-refractivity contribution in [1.82, 2.24) is 15.0 Å². The Morgan fingerprint density at radius 2 is 1.67 bits per heavy atom. The number of anilines is 1. The summed E-state index contributed by atoms with van der Waals surface area (Å²) in [4.78, 5) is 27.8. The monoisotopic (exact) mass is 582 g/mol. The quantitative estimate of drug-likeness (QED) is 0.274. The Balaban J connectivity index is 1.28. The Hall–Kier alpha value is -3.63. The number of carbonyl (C=O) groups excluding carboxylic acids is 1. The van der Waals surface area contributed by atoms with Crippen molar-refractivity contribution in [3.63, 3.8) is 0 Å². The highest BCUT2D eigenvalue weighted by atomic mass is 28.4. The SMILES string of the molecule is C[C@@H]1[C@@H]([Si](C)(C)O)[C@H](CCn2cc(C(CO)c3ccccc3)nn2)O[C@@]12C(=O)N(Cc1ccccc1)c1ccccc12. The summed E-state index contributed by atoms with van der Waals surface area (Å²) in [5, 5.41) is 18.8. The van der Waals surface area contributed by atoms with E-state index in [1.807, 2.05) is 109 Å². The molecule has 9 heteroatoms. The Bertz CT molecular complexity index is 1540. The molecule has 4 aromatic rings. The molecule has 1 spiro atoms. The molecule has 0 saturated carbocycles. The number of benzene rings is 3. The van der Waals surface area contributed by atoms with Crippen LogP contribution in [0.3, 0.4) is 0 Å². The molecular formula is C33H38N4O4Si. The molecule has 2 N–H and O–H groups in total. The highest BCUT2D eigenvalue weighted by molar-refractivity contribution is 6.71. The fraction of sp³-hybridized carbons (Fsp3) is 0.364. The van der Waals surface area contributed by atoms with Crippen LogP contribution in [0, 0.1) is 5.92 Å². The Morgan fingerprint density at radius 3 is 2.36 bits per heavy atom. The molecule has 2 aliphatic rings. The predicted molar refractivity (Wildman–Crippen MR) is 163 cm³/mol. The fourth-order valence-corrected chi connectivity index (χ4v) is 9.72. The number of carbonyl (C=O) groups is 1. The summed E-state index contributed by atoms with van der Waals surface area (Å²) in [5.74, 6) is -0.542. The van der Waals surface area contributed by atoms with Crippen LogP contribution in [0.25, 0.3) is 0 Å². The predicted octanol–water partition coefficient (Wildman–Crippen LogP) is 4.84. The number of ether oxygens (including phenoxy) is 1. The van der Waals surface area contributed by atoms with Crippen LogP contribution in [-0.2, 0) is 28.2 Å². The second-order valence-corrected chi connectivity index (χ2v) is 16.1. The van der Waals surface area contributed by atoms with Gasteiger partial charge in [0.25, 0.3) is 5.91 Å². The summed E-state index contributed by atoms with van der Waals surface area (Å²) >= 11 is 0. The van der Waals surface area contributed by atoms with Crippen molar-refractivity contribution < 1.29 is 19.4 Å². The minimum atomic E-state index is -2.77. The molecule has 6 rings (SSSR count). The van der Waals surface area contributed by atoms with E-state index >= 15 is 0 Å². The van der Waals surface area contributed by atoms with Crippen LogP contribution in [0.1, 0.15) is 41.6 Å². The molecule has 1 aromatic heterocycles. The Kier molecular flexibility index (Phi) is 7.61. The van der Waals surface area contributed by atoms with Crippen LogP contribution in [0.5, 0.6) is 0 Å². The van der Waals surface area contributed by atoms with Crippen LogP contribution in [0.2, 0.25) is 18.6 Å². The number of para-hydroxylation sites is 1. The van der Waals surface area contributed by atoms with Gasteiger partial charge in [-0.25, -0.2) is 0 Å². The molecule has 0 radical (unpaired) electrons. The number of aliphatic hydroxyl groups excluding tert-OH is 1. The first kappa shape index (κ1) is 28.5. The molecular weight excluding hydrogens is 544 g/mol. The minimum absolute atomic E-state index is 0.0671. The van der Waals surface area contributed by atoms with Gasteiger partial charge in [0.15, 0.2) is 13.9 Å². The van der Waals surface area contributed by atoms with Crippen LogP contribution >= 0.6 is 0 Å². The third-order valence-corrected chi connectivity index (χ3v) is 11.5. The highest BCUT2D eigenvalue weighted by Gasteiger charge is 2.66. The van der Waals surface area contributed by atoms with Gasteiger partial charge < -0.3 is 19.5 Å². The molecule has 5 atom stereocenters. The lowest BCUT2D eigenvalue weighted by Gasteiger charge is -2.32. The van der Waals surface area contributed by atoms with Crippen molar-refractivity contribution >= 4 is 19.9 Å². The first-order chi connectivity index (χ1) is 20.2. The van der Waals surface area contributed by atoms with Crippen LogP contribution in [0.15, 0.2) is 91.1 Å². The van der Waals surface area contributed by atoms with Gasteiger partial charge in [-0.3, -0.25) is 9.48 Å². The topological polar surface area (TPSA) is 101 Å². The van der Waals surface area contributed by atoms with Gasteiger partial charge in [0.1, 0.15) is 0 Å². The number of amides is 1. The average Bonchev–Trinajstić information content (AvgIpc) is 3.64. The summed E-state index contributed by atoms with van der Waals surface area (Å²) in [6, 6.07) is 27.7. The third kappa shape index (κ3) is 4.90. The number of aromatic nitrogens is 3. The van der Waals surface area contributed by atoms with Gasteiger partial charge in [0.2, 0.25) is 0 Å². The van der Waals surface area contributed by atoms with E-state index in [2.05, 4.69) is 17.2 Å². The molecule has 0 aliphatic carbocycles. The number of nitrogens with zero attached hydrogens (tertiary/aromatic N) is 4. The summed E-state index contributed by atoms with van der Waals surface area (Å²) in [6.45, 7) is 6.85. The largest absolute Gasteiger partial charge is 0.432 e. The molecule has 218 valence electrons. The smallest absolute Gasteiger partial charge is 0.264 e. The number of rotatable bonds is 9. The lowest BCUT2D eigenvalue weighted by molar-refractivity contribution is -0.146. The van der Waals surface area contributed by atoms with E-state index in [9.17, 15) is 14.7 Å². The zero-order chi connectivity index (χ0) is 29.5. The molecule has 1 fully saturated rings. The molecule has 3 heterocycles. The second kappa shape index (κ2) is 11.2. The number of hydrogen-bond acceptors (Lipinski definition) is 6. The number of aliphatic hydroxyl groups is 1. The zero-order valence-electron chi connectivity index (χ0n) is 24.3. The molecule has 1 amide bonds. The molecule has 1 unspecified atom stereocenters. The average molecular weight is 583 g/mol. The van der Waals surface area contributed by atoms with Crippen molar-refractivity contribution in [1.29, 1.82) is 0 Å². The van der Waals surface area contributed by atoms with Crippen molar-refractivity contribution in [2.45, 2.75) is 62.7 Å². The molecule has 42 heavy (non-hydrogen) atoms. The van der Waals surface area contributed by atoms with E-state index in [0.717, 1.165) is 22.4 Å². The standard InChI is InChI=1S/C33H38N4O4Si/c1-23-31(42(2,3)40)30(18-19-36-21-28(34-35-36)26(22-38)25-14-8-5-9-15-25)41-33(23)27-16-10-11-17-29(27)37(32(33)39)20-24-12-6-4-7-13-24/h4-17,21,23,26,30-31,38,40H,18-20,22H2,1-3H3/t23-,26?,30+,31-,33+/m1/s1. The van der Waals surface area contributed by atoms with E-state index in [1.165, 1.54) is 0 Å². The number of aryl methyl sites for hydroxylation is 1. The molecule has 2 aliphatic heterocycles. The van der Waals surface area contributed by atoms with Gasteiger partial charge in [-0.15, -0.1) is 5.10 Å². The van der Waals surface area contributed by atoms with Gasteiger partial charge in [-0.05, 0) is 36.7 Å². The summed E-state index contributed by atoms with van der Waals surface area (Å²) in [5.41, 5.74) is 3.15. The normalized spacial score (nSPS) is 24.4. The lowest BCUT2D eigenvalue weighted by atomic mass is 9.82. The van der Waals surface area contributed by atoms with E-state index in [4.69, 9.17) is 4.74 Å². The molecule has 8 nitrogen and oxygen atoms in total. The van der Waals surface area contributed by atoms with E-state index in [0.29, 0.717) is 25.2 Å². The van der Waals surface area contributed by atoms with Crippen LogP contribution < -0.4 is 4.90 Å². The van der Waals surface area contributed by atoms with Crippen LogP contribution in [0.4, 0.5) is 5.69 Å². The maximum Gasteiger partial charge on any atom is 0.264 e. The zero-order valence-corrected chi connectivity index (χ0v) is 25.3. The maximum atomic E-state index is 14.4. The minimum Gasteiger partial charge on any atom is -0.432 e. The second-order valence-electron chi connectivity index (χ2n) is 12.1. The van der Waals surface area contributed by atoms with Gasteiger partial charge in [0, 0.05) is 29.8 Å². The van der Waals surface area contributed by atoms with Gasteiger partial charge in [0.05, 0.1) is 36.6 Å². The van der Waals surface area contributed by atoms with Gasteiger partial charge >= 0.3 is 0 Å². The summed E-state index contributed by atoms with van der Waals surface area (Å²) in [7, 11) is -2.77. The lowest BCUT2D eigenvalue weighted by Crippen LogP contribution is -2.46. The van der Waals surface area contributed by atoms with E-state index < -0.39 is 13.9 Å². The van der Waals surface area contributed by atoms with Crippen molar-refractivity contribution in [2.24, 2.45) is 5.92 Å². The molecule has 3 aromatic carbocycles. The molecule has 1 saturated heterocycles. The number of hydrogen-bond donors (Lipinski definition) is 2. The third-order valence-electron chi connectivity index (χ3n) is 9.02. The van der Waals surface area contributed by atoms with Crippen LogP contribution in [-0.4, -0.2) is 51.8 Å². The summed E-state index contributed by atoms with van der Waals surface area (Å²) in [6.07, 6.45) is 2.10. The highest BCUT2D eigenvalue weighted by Crippen LogP contribution is 2.59. The van der Waals surface area contributed by atoms with Crippen molar-refractivity contribution in [2.75, 3.05) is 11.5 Å². The Labute approximate surface area is 247 Å². The first-order valence-electron chi connectivity index (χ1n) is 14.7. The maximum absolute atomic E-state index is 14.4. The fourth-order valence-electron chi connectivity index (χ4n) is 7.12.